The summed E-state index contributed by atoms with van der Waals surface area (Å²) in [6.07, 6.45) is 0.250. The van der Waals surface area contributed by atoms with Crippen molar-refractivity contribution >= 4 is 6.15 Å². The molecule has 0 aliphatic heterocycles. The highest BCUT2D eigenvalue weighted by atomic mass is 16.2. The molecule has 2 heteroatoms. The van der Waals surface area contributed by atoms with Crippen molar-refractivity contribution in [1.82, 2.24) is 0 Å². The summed E-state index contributed by atoms with van der Waals surface area (Å²) in [5.41, 5.74) is 0. The molecule has 0 saturated heterocycles. The van der Waals surface area contributed by atoms with Crippen LogP contribution >= 0.6 is 0 Å². The van der Waals surface area contributed by atoms with Crippen molar-refractivity contribution < 1.29 is 9.59 Å². The number of carbonyl (C=O) groups excluding carboxylic acids is 2. The lowest BCUT2D eigenvalue weighted by molar-refractivity contribution is -0.191. The fourth-order valence-electron chi connectivity index (χ4n) is 0. The fraction of sp³-hybridized carbons (Fsp3) is 0.800. The Morgan fingerprint density at radius 1 is 1.00 bits per heavy atom. The molecule has 0 amide bonds. The van der Waals surface area contributed by atoms with Gasteiger partial charge in [0.25, 0.3) is 0 Å². The van der Waals surface area contributed by atoms with Crippen LogP contribution in [0.3, 0.4) is 0 Å². The topological polar surface area (TPSA) is 34.1 Å². The fourth-order valence-corrected chi connectivity index (χ4v) is 0. The highest BCUT2D eigenvalue weighted by Gasteiger charge is 1.13. The van der Waals surface area contributed by atoms with E-state index in [1.807, 2.05) is 13.8 Å². The molecule has 0 atom stereocenters. The zero-order chi connectivity index (χ0) is 4.71. The Balaban J connectivity index is -0.0000000105. The Morgan fingerprint density at radius 2 is 1.00 bits per heavy atom. The summed E-state index contributed by atoms with van der Waals surface area (Å²) in [6.45, 7) is 4.00. The van der Waals surface area contributed by atoms with Gasteiger partial charge in [-0.1, -0.05) is 28.7 Å². The Hall–Kier alpha value is -0.620. The second-order valence-electron chi connectivity index (χ2n) is 0.0833. The highest BCUT2D eigenvalue weighted by Crippen LogP contribution is 1.14. The molecule has 0 aromatic rings. The number of hydrogen-bond acceptors (Lipinski definition) is 2. The van der Waals surface area contributed by atoms with Gasteiger partial charge in [0, 0.05) is 0 Å². The second-order valence-corrected chi connectivity index (χ2v) is 0.0833. The molecule has 2 nitrogen and oxygen atoms in total. The molecule has 0 aromatic heterocycles. The zero-order valence-corrected chi connectivity index (χ0v) is 3.32. The van der Waals surface area contributed by atoms with Gasteiger partial charge < -0.3 is 0 Å². The van der Waals surface area contributed by atoms with E-state index in [2.05, 4.69) is 0 Å². The van der Waals surface area contributed by atoms with Crippen LogP contribution in [-0.2, 0) is 9.59 Å². The standard InChI is InChI=1S/C2H6.CO2.2CH4/c1-2;2-1-3;;/h1-2H3;;2*1H4. The van der Waals surface area contributed by atoms with E-state index < -0.39 is 0 Å². The molecule has 0 spiro atoms. The Morgan fingerprint density at radius 3 is 1.00 bits per heavy atom. The molecule has 0 unspecified atom stereocenters. The van der Waals surface area contributed by atoms with E-state index in [4.69, 9.17) is 9.59 Å². The predicted molar refractivity (Wildman–Crippen MR) is 29.8 cm³/mol. The van der Waals surface area contributed by atoms with Crippen LogP contribution in [0.2, 0.25) is 0 Å². The molecule has 0 aliphatic carbocycles. The maximum Gasteiger partial charge on any atom is 0.373 e. The average molecular weight is 106 g/mol. The van der Waals surface area contributed by atoms with Crippen molar-refractivity contribution in [2.75, 3.05) is 0 Å². The summed E-state index contributed by atoms with van der Waals surface area (Å²) < 4.78 is 0. The van der Waals surface area contributed by atoms with Crippen LogP contribution in [-0.4, -0.2) is 6.15 Å². The van der Waals surface area contributed by atoms with Crippen LogP contribution < -0.4 is 0 Å². The quantitative estimate of drug-likeness (QED) is 0.471. The predicted octanol–water partition coefficient (Wildman–Crippen LogP) is 1.71. The minimum Gasteiger partial charge on any atom is -0.186 e. The molecule has 0 fully saturated rings. The van der Waals surface area contributed by atoms with Gasteiger partial charge in [0.1, 0.15) is 0 Å². The first-order valence-electron chi connectivity index (χ1n) is 1.41. The first-order valence-corrected chi connectivity index (χ1v) is 1.41. The van der Waals surface area contributed by atoms with E-state index in [0.717, 1.165) is 0 Å². The summed E-state index contributed by atoms with van der Waals surface area (Å²) in [7, 11) is 0. The maximum absolute atomic E-state index is 8.12. The molecule has 7 heavy (non-hydrogen) atoms. The molecule has 0 N–H and O–H groups in total. The normalized spacial score (nSPS) is 2.00. The van der Waals surface area contributed by atoms with Crippen LogP contribution in [0.25, 0.3) is 0 Å². The first-order chi connectivity index (χ1) is 2.41. The zero-order valence-electron chi connectivity index (χ0n) is 3.32. The third kappa shape index (κ3) is 160. The molecule has 0 bridgehead atoms. The minimum atomic E-state index is 0. The lowest BCUT2D eigenvalue weighted by Crippen LogP contribution is -1.22. The molecule has 0 heterocycles. The van der Waals surface area contributed by atoms with Gasteiger partial charge in [-0.2, -0.15) is 9.59 Å². The monoisotopic (exact) mass is 106 g/mol. The van der Waals surface area contributed by atoms with Crippen molar-refractivity contribution in [3.05, 3.63) is 0 Å². The van der Waals surface area contributed by atoms with Gasteiger partial charge in [-0.25, -0.2) is 0 Å². The summed E-state index contributed by atoms with van der Waals surface area (Å²) >= 11 is 0. The van der Waals surface area contributed by atoms with Crippen LogP contribution in [0.5, 0.6) is 0 Å². The molecule has 0 aromatic carbocycles. The third-order valence-corrected chi connectivity index (χ3v) is 0. The SMILES string of the molecule is C.C.CC.O=C=O. The summed E-state index contributed by atoms with van der Waals surface area (Å²) in [5.74, 6) is 0. The maximum atomic E-state index is 8.12. The van der Waals surface area contributed by atoms with Gasteiger partial charge in [-0.15, -0.1) is 0 Å². The molecule has 46 valence electrons. The molecule has 0 radical (unpaired) electrons. The Kier molecular flexibility index (Phi) is 3330. The van der Waals surface area contributed by atoms with Crippen molar-refractivity contribution in [2.45, 2.75) is 28.7 Å². The van der Waals surface area contributed by atoms with Gasteiger partial charge in [-0.05, 0) is 0 Å². The lowest BCUT2D eigenvalue weighted by atomic mass is 11.0. The van der Waals surface area contributed by atoms with Crippen molar-refractivity contribution in [1.29, 1.82) is 0 Å². The molecule has 0 aliphatic rings. The van der Waals surface area contributed by atoms with Gasteiger partial charge in [0.15, 0.2) is 0 Å². The Labute approximate surface area is 45.5 Å². The molecule has 0 rings (SSSR count). The van der Waals surface area contributed by atoms with Crippen molar-refractivity contribution in [2.24, 2.45) is 0 Å². The van der Waals surface area contributed by atoms with E-state index in [0.29, 0.717) is 0 Å². The van der Waals surface area contributed by atoms with Crippen LogP contribution in [0.15, 0.2) is 0 Å². The van der Waals surface area contributed by atoms with E-state index >= 15 is 0 Å². The molecular formula is C5H14O2. The van der Waals surface area contributed by atoms with Gasteiger partial charge in [-0.3, -0.25) is 0 Å². The lowest BCUT2D eigenvalue weighted by Gasteiger charge is -1.07. The molecular weight excluding hydrogens is 92.1 g/mol. The minimum absolute atomic E-state index is 0. The number of rotatable bonds is 0. The van der Waals surface area contributed by atoms with Crippen molar-refractivity contribution in [3.63, 3.8) is 0 Å². The summed E-state index contributed by atoms with van der Waals surface area (Å²) in [4.78, 5) is 16.2. The third-order valence-electron chi connectivity index (χ3n) is 0. The Bertz CT molecular complexity index is 27.1. The number of hydrogen-bond donors (Lipinski definition) is 0. The molecule has 0 saturated carbocycles. The summed E-state index contributed by atoms with van der Waals surface area (Å²) in [5, 5.41) is 0. The van der Waals surface area contributed by atoms with Crippen molar-refractivity contribution in [3.8, 4) is 0 Å². The van der Waals surface area contributed by atoms with Crippen LogP contribution in [0, 0.1) is 0 Å². The first kappa shape index (κ1) is 32.6. The average Bonchev–Trinajstić information content (AvgIpc) is 1.46. The smallest absolute Gasteiger partial charge is 0.186 e. The largest absolute Gasteiger partial charge is 0.373 e. The highest BCUT2D eigenvalue weighted by molar-refractivity contribution is 5.20. The summed E-state index contributed by atoms with van der Waals surface area (Å²) in [6, 6.07) is 0. The van der Waals surface area contributed by atoms with Gasteiger partial charge in [0.05, 0.1) is 0 Å². The second kappa shape index (κ2) is 715. The van der Waals surface area contributed by atoms with E-state index in [9.17, 15) is 0 Å². The van der Waals surface area contributed by atoms with E-state index in [1.54, 1.807) is 0 Å². The van der Waals surface area contributed by atoms with E-state index in [-0.39, 0.29) is 21.0 Å². The van der Waals surface area contributed by atoms with Crippen LogP contribution in [0.1, 0.15) is 28.7 Å². The van der Waals surface area contributed by atoms with Gasteiger partial charge >= 0.3 is 6.15 Å². The van der Waals surface area contributed by atoms with E-state index in [1.165, 1.54) is 0 Å². The van der Waals surface area contributed by atoms with Crippen LogP contribution in [0.4, 0.5) is 0 Å². The van der Waals surface area contributed by atoms with Gasteiger partial charge in [0.2, 0.25) is 0 Å².